The molecule has 0 radical (unpaired) electrons. The first kappa shape index (κ1) is 15.4. The predicted octanol–water partition coefficient (Wildman–Crippen LogP) is 6.04. The van der Waals surface area contributed by atoms with Crippen molar-refractivity contribution in [2.24, 2.45) is 4.99 Å². The molecule has 0 unspecified atom stereocenters. The number of hydrogen-bond donors (Lipinski definition) is 0. The lowest BCUT2D eigenvalue weighted by molar-refractivity contribution is -0.137. The predicted molar refractivity (Wildman–Crippen MR) is 88.8 cm³/mol. The van der Waals surface area contributed by atoms with Crippen molar-refractivity contribution in [1.29, 1.82) is 0 Å². The molecule has 1 spiro atoms. The van der Waals surface area contributed by atoms with Crippen LogP contribution in [0.5, 0.6) is 0 Å². The average molecular weight is 329 g/mol. The van der Waals surface area contributed by atoms with Crippen molar-refractivity contribution < 1.29 is 13.2 Å². The molecular weight excluding hydrogens is 311 g/mol. The van der Waals surface area contributed by atoms with E-state index in [1.54, 1.807) is 12.1 Å². The van der Waals surface area contributed by atoms with E-state index in [4.69, 9.17) is 4.99 Å². The number of halogens is 3. The van der Waals surface area contributed by atoms with E-state index in [2.05, 4.69) is 6.07 Å². The van der Waals surface area contributed by atoms with E-state index < -0.39 is 11.7 Å². The van der Waals surface area contributed by atoms with Crippen LogP contribution in [0.15, 0.2) is 53.5 Å². The highest BCUT2D eigenvalue weighted by Gasteiger charge is 2.44. The third-order valence-corrected chi connectivity index (χ3v) is 5.30. The summed E-state index contributed by atoms with van der Waals surface area (Å²) in [5.41, 5.74) is 3.21. The Kier molecular flexibility index (Phi) is 3.52. The fourth-order valence-corrected chi connectivity index (χ4v) is 4.15. The van der Waals surface area contributed by atoms with Crippen LogP contribution in [0.2, 0.25) is 0 Å². The number of nitrogens with zero attached hydrogens (tertiary/aromatic N) is 1. The number of aliphatic imine (C=N–C) groups is 1. The number of fused-ring (bicyclic) bond motifs is 2. The van der Waals surface area contributed by atoms with Gasteiger partial charge in [0.05, 0.1) is 17.0 Å². The molecule has 2 aromatic rings. The summed E-state index contributed by atoms with van der Waals surface area (Å²) >= 11 is 0. The van der Waals surface area contributed by atoms with Gasteiger partial charge in [-0.1, -0.05) is 49.6 Å². The highest BCUT2D eigenvalue weighted by Crippen LogP contribution is 2.50. The minimum Gasteiger partial charge on any atom is -0.252 e. The maximum atomic E-state index is 12.8. The second kappa shape index (κ2) is 5.47. The second-order valence-corrected chi connectivity index (χ2v) is 6.70. The summed E-state index contributed by atoms with van der Waals surface area (Å²) in [5, 5.41) is 0. The Balaban J connectivity index is 1.79. The summed E-state index contributed by atoms with van der Waals surface area (Å²) in [4.78, 5) is 4.83. The summed E-state index contributed by atoms with van der Waals surface area (Å²) in [6.07, 6.45) is 1.21. The van der Waals surface area contributed by atoms with Crippen molar-refractivity contribution in [1.82, 2.24) is 0 Å². The fraction of sp³-hybridized carbons (Fsp3) is 0.350. The molecule has 1 aliphatic heterocycles. The molecule has 1 fully saturated rings. The smallest absolute Gasteiger partial charge is 0.252 e. The summed E-state index contributed by atoms with van der Waals surface area (Å²) in [7, 11) is 0. The Hall–Kier alpha value is -2.10. The van der Waals surface area contributed by atoms with Crippen LogP contribution in [-0.4, -0.2) is 5.71 Å². The van der Waals surface area contributed by atoms with Gasteiger partial charge in [-0.2, -0.15) is 13.2 Å². The van der Waals surface area contributed by atoms with Gasteiger partial charge >= 0.3 is 6.18 Å². The Morgan fingerprint density at radius 1 is 0.833 bits per heavy atom. The number of hydrogen-bond acceptors (Lipinski definition) is 1. The first-order valence-corrected chi connectivity index (χ1v) is 8.37. The Morgan fingerprint density at radius 3 is 2.17 bits per heavy atom. The van der Waals surface area contributed by atoms with Gasteiger partial charge in [-0.3, -0.25) is 4.99 Å². The second-order valence-electron chi connectivity index (χ2n) is 6.70. The van der Waals surface area contributed by atoms with E-state index in [0.717, 1.165) is 54.8 Å². The number of para-hydroxylation sites is 1. The van der Waals surface area contributed by atoms with Crippen LogP contribution in [0.25, 0.3) is 0 Å². The number of rotatable bonds is 1. The van der Waals surface area contributed by atoms with Gasteiger partial charge in [-0.05, 0) is 42.2 Å². The fourth-order valence-electron chi connectivity index (χ4n) is 4.15. The van der Waals surface area contributed by atoms with Crippen molar-refractivity contribution in [3.8, 4) is 0 Å². The lowest BCUT2D eigenvalue weighted by Gasteiger charge is -2.36. The van der Waals surface area contributed by atoms with Crippen molar-refractivity contribution >= 4 is 11.4 Å². The monoisotopic (exact) mass is 329 g/mol. The maximum Gasteiger partial charge on any atom is 0.416 e. The molecular formula is C20H18F3N. The van der Waals surface area contributed by atoms with Crippen LogP contribution < -0.4 is 0 Å². The van der Waals surface area contributed by atoms with Crippen LogP contribution in [0.3, 0.4) is 0 Å². The molecule has 2 aliphatic rings. The number of benzene rings is 2. The molecule has 0 saturated heterocycles. The Bertz CT molecular complexity index is 781. The molecule has 1 aliphatic carbocycles. The molecule has 1 saturated carbocycles. The zero-order chi connectivity index (χ0) is 16.8. The standard InChI is InChI=1S/C20H18F3N/c21-20(22,23)15-10-8-14(9-11-15)18-19(12-4-1-5-13-19)16-6-2-3-7-17(16)24-18/h2-3,6-11H,1,4-5,12-13H2. The van der Waals surface area contributed by atoms with E-state index in [9.17, 15) is 13.2 Å². The van der Waals surface area contributed by atoms with Crippen LogP contribution in [0.1, 0.15) is 48.8 Å². The highest BCUT2D eigenvalue weighted by atomic mass is 19.4. The maximum absolute atomic E-state index is 12.8. The lowest BCUT2D eigenvalue weighted by Crippen LogP contribution is -2.36. The topological polar surface area (TPSA) is 12.4 Å². The average Bonchev–Trinajstić information content (AvgIpc) is 2.89. The molecule has 0 atom stereocenters. The molecule has 0 amide bonds. The van der Waals surface area contributed by atoms with Gasteiger partial charge in [-0.25, -0.2) is 0 Å². The molecule has 1 nitrogen and oxygen atoms in total. The van der Waals surface area contributed by atoms with Crippen molar-refractivity contribution in [3.05, 3.63) is 65.2 Å². The normalized spacial score (nSPS) is 19.2. The summed E-state index contributed by atoms with van der Waals surface area (Å²) < 4.78 is 38.5. The van der Waals surface area contributed by atoms with E-state index >= 15 is 0 Å². The quantitative estimate of drug-likeness (QED) is 0.604. The van der Waals surface area contributed by atoms with Gasteiger partial charge in [-0.15, -0.1) is 0 Å². The lowest BCUT2D eigenvalue weighted by atomic mass is 9.66. The molecule has 1 heterocycles. The van der Waals surface area contributed by atoms with E-state index in [0.29, 0.717) is 0 Å². The van der Waals surface area contributed by atoms with Gasteiger partial charge in [0.25, 0.3) is 0 Å². The first-order valence-electron chi connectivity index (χ1n) is 8.37. The molecule has 124 valence electrons. The Morgan fingerprint density at radius 2 is 1.50 bits per heavy atom. The molecule has 0 bridgehead atoms. The van der Waals surface area contributed by atoms with Gasteiger partial charge in [0.15, 0.2) is 0 Å². The van der Waals surface area contributed by atoms with Gasteiger partial charge < -0.3 is 0 Å². The summed E-state index contributed by atoms with van der Waals surface area (Å²) in [6.45, 7) is 0. The minimum atomic E-state index is -4.30. The van der Waals surface area contributed by atoms with Crippen LogP contribution >= 0.6 is 0 Å². The highest BCUT2D eigenvalue weighted by molar-refractivity contribution is 6.12. The third kappa shape index (κ3) is 2.36. The van der Waals surface area contributed by atoms with Crippen molar-refractivity contribution in [2.45, 2.75) is 43.7 Å². The van der Waals surface area contributed by atoms with E-state index in [1.165, 1.54) is 12.0 Å². The number of alkyl halides is 3. The largest absolute Gasteiger partial charge is 0.416 e. The molecule has 2 aromatic carbocycles. The summed E-state index contributed by atoms with van der Waals surface area (Å²) in [6, 6.07) is 13.6. The van der Waals surface area contributed by atoms with Gasteiger partial charge in [0.2, 0.25) is 0 Å². The minimum absolute atomic E-state index is 0.130. The first-order chi connectivity index (χ1) is 11.5. The molecule has 4 heteroatoms. The Labute approximate surface area is 139 Å². The van der Waals surface area contributed by atoms with Crippen molar-refractivity contribution in [3.63, 3.8) is 0 Å². The van der Waals surface area contributed by atoms with Crippen LogP contribution in [0, 0.1) is 0 Å². The third-order valence-electron chi connectivity index (χ3n) is 5.30. The van der Waals surface area contributed by atoms with E-state index in [1.807, 2.05) is 18.2 Å². The van der Waals surface area contributed by atoms with E-state index in [-0.39, 0.29) is 5.41 Å². The van der Waals surface area contributed by atoms with Gasteiger partial charge in [0.1, 0.15) is 0 Å². The zero-order valence-electron chi connectivity index (χ0n) is 13.2. The SMILES string of the molecule is FC(F)(F)c1ccc(C2=Nc3ccccc3C23CCCCC3)cc1. The molecule has 24 heavy (non-hydrogen) atoms. The zero-order valence-corrected chi connectivity index (χ0v) is 13.2. The van der Waals surface area contributed by atoms with Crippen LogP contribution in [-0.2, 0) is 11.6 Å². The molecule has 4 rings (SSSR count). The molecule has 0 aromatic heterocycles. The summed E-state index contributed by atoms with van der Waals surface area (Å²) in [5.74, 6) is 0. The van der Waals surface area contributed by atoms with Crippen LogP contribution in [0.4, 0.5) is 18.9 Å². The molecule has 0 N–H and O–H groups in total. The van der Waals surface area contributed by atoms with Gasteiger partial charge in [0, 0.05) is 5.41 Å². The van der Waals surface area contributed by atoms with Crippen molar-refractivity contribution in [2.75, 3.05) is 0 Å².